The van der Waals surface area contributed by atoms with Crippen molar-refractivity contribution >= 4 is 29.1 Å². The topological polar surface area (TPSA) is 77.6 Å². The van der Waals surface area contributed by atoms with E-state index in [9.17, 15) is 4.79 Å². The molecule has 7 nitrogen and oxygen atoms in total. The first-order valence-electron chi connectivity index (χ1n) is 6.67. The Morgan fingerprint density at radius 3 is 2.78 bits per heavy atom. The number of halogens is 2. The number of aromatic nitrogens is 5. The van der Waals surface area contributed by atoms with Crippen LogP contribution in [0.15, 0.2) is 36.7 Å². The van der Waals surface area contributed by atoms with Crippen molar-refractivity contribution in [1.82, 2.24) is 30.1 Å². The van der Waals surface area contributed by atoms with Gasteiger partial charge in [0.05, 0.1) is 28.5 Å². The summed E-state index contributed by atoms with van der Waals surface area (Å²) in [5.74, 6) is -0.228. The average molecular weight is 351 g/mol. The van der Waals surface area contributed by atoms with E-state index in [1.54, 1.807) is 48.4 Å². The summed E-state index contributed by atoms with van der Waals surface area (Å²) in [6.45, 7) is 0.255. The van der Waals surface area contributed by atoms with Crippen molar-refractivity contribution in [2.45, 2.75) is 6.54 Å². The molecule has 0 unspecified atom stereocenters. The molecule has 0 fully saturated rings. The standard InChI is InChI=1S/C14H12Cl2N6O/c1-21-13(4-5-18-21)14(23)17-7-9-8-22(20-19-9)10-2-3-11(15)12(16)6-10/h2-6,8H,7H2,1H3,(H,17,23). The number of nitrogens with one attached hydrogen (secondary N) is 1. The molecule has 1 aromatic carbocycles. The molecule has 0 aliphatic rings. The highest BCUT2D eigenvalue weighted by Crippen LogP contribution is 2.24. The number of hydrogen-bond donors (Lipinski definition) is 1. The second-order valence-electron chi connectivity index (χ2n) is 4.78. The van der Waals surface area contributed by atoms with E-state index in [0.717, 1.165) is 5.69 Å². The fraction of sp³-hybridized carbons (Fsp3) is 0.143. The summed E-state index contributed by atoms with van der Waals surface area (Å²) in [5.41, 5.74) is 1.82. The molecule has 0 aliphatic heterocycles. The van der Waals surface area contributed by atoms with Gasteiger partial charge in [0.25, 0.3) is 5.91 Å². The molecule has 0 bridgehead atoms. The van der Waals surface area contributed by atoms with Crippen molar-refractivity contribution in [1.29, 1.82) is 0 Å². The Morgan fingerprint density at radius 2 is 2.09 bits per heavy atom. The van der Waals surface area contributed by atoms with Crippen LogP contribution in [-0.2, 0) is 13.6 Å². The molecule has 23 heavy (non-hydrogen) atoms. The van der Waals surface area contributed by atoms with Crippen LogP contribution in [0.25, 0.3) is 5.69 Å². The molecule has 3 rings (SSSR count). The third kappa shape index (κ3) is 3.35. The lowest BCUT2D eigenvalue weighted by Gasteiger charge is -2.03. The monoisotopic (exact) mass is 350 g/mol. The number of carbonyl (C=O) groups excluding carboxylic acids is 1. The van der Waals surface area contributed by atoms with Crippen LogP contribution < -0.4 is 5.32 Å². The minimum atomic E-state index is -0.228. The highest BCUT2D eigenvalue weighted by molar-refractivity contribution is 6.42. The second kappa shape index (κ2) is 6.39. The Morgan fingerprint density at radius 1 is 1.26 bits per heavy atom. The van der Waals surface area contributed by atoms with Crippen LogP contribution in [0.5, 0.6) is 0 Å². The molecule has 0 saturated carbocycles. The first-order valence-corrected chi connectivity index (χ1v) is 7.43. The predicted molar refractivity (Wildman–Crippen MR) is 85.8 cm³/mol. The van der Waals surface area contributed by atoms with Crippen molar-refractivity contribution < 1.29 is 4.79 Å². The number of aryl methyl sites for hydroxylation is 1. The number of carbonyl (C=O) groups is 1. The van der Waals surface area contributed by atoms with Crippen molar-refractivity contribution in [3.8, 4) is 5.69 Å². The summed E-state index contributed by atoms with van der Waals surface area (Å²) in [4.78, 5) is 12.0. The Kier molecular flexibility index (Phi) is 4.31. The van der Waals surface area contributed by atoms with Crippen molar-refractivity contribution in [3.05, 3.63) is 58.1 Å². The number of benzene rings is 1. The quantitative estimate of drug-likeness (QED) is 0.782. The molecule has 0 saturated heterocycles. The molecule has 3 aromatic rings. The molecule has 118 valence electrons. The van der Waals surface area contributed by atoms with E-state index in [1.165, 1.54) is 4.68 Å². The Bertz CT molecular complexity index is 857. The van der Waals surface area contributed by atoms with Crippen LogP contribution >= 0.6 is 23.2 Å². The molecule has 1 N–H and O–H groups in total. The maximum Gasteiger partial charge on any atom is 0.269 e. The zero-order valence-electron chi connectivity index (χ0n) is 12.1. The zero-order valence-corrected chi connectivity index (χ0v) is 13.6. The maximum atomic E-state index is 12.0. The molecule has 0 aliphatic carbocycles. The summed E-state index contributed by atoms with van der Waals surface area (Å²) >= 11 is 11.9. The Hall–Kier alpha value is -2.38. The highest BCUT2D eigenvalue weighted by Gasteiger charge is 2.11. The lowest BCUT2D eigenvalue weighted by atomic mass is 10.3. The molecule has 0 spiro atoms. The summed E-state index contributed by atoms with van der Waals surface area (Å²) < 4.78 is 3.07. The van der Waals surface area contributed by atoms with Crippen LogP contribution in [0.2, 0.25) is 10.0 Å². The maximum absolute atomic E-state index is 12.0. The minimum Gasteiger partial charge on any atom is -0.345 e. The van der Waals surface area contributed by atoms with Gasteiger partial charge in [-0.3, -0.25) is 9.48 Å². The van der Waals surface area contributed by atoms with Gasteiger partial charge in [0.2, 0.25) is 0 Å². The van der Waals surface area contributed by atoms with Crippen molar-refractivity contribution in [2.75, 3.05) is 0 Å². The van der Waals surface area contributed by atoms with E-state index in [1.807, 2.05) is 0 Å². The van der Waals surface area contributed by atoms with Gasteiger partial charge in [0.1, 0.15) is 11.4 Å². The highest BCUT2D eigenvalue weighted by atomic mass is 35.5. The summed E-state index contributed by atoms with van der Waals surface area (Å²) in [6.07, 6.45) is 3.28. The molecule has 0 radical (unpaired) electrons. The van der Waals surface area contributed by atoms with E-state index in [-0.39, 0.29) is 12.5 Å². The van der Waals surface area contributed by atoms with E-state index in [4.69, 9.17) is 23.2 Å². The van der Waals surface area contributed by atoms with Gasteiger partial charge in [-0.25, -0.2) is 4.68 Å². The Balaban J connectivity index is 1.69. The van der Waals surface area contributed by atoms with Crippen molar-refractivity contribution in [3.63, 3.8) is 0 Å². The minimum absolute atomic E-state index is 0.228. The van der Waals surface area contributed by atoms with Crippen LogP contribution in [0.1, 0.15) is 16.2 Å². The first kappa shape index (κ1) is 15.5. The van der Waals surface area contributed by atoms with Crippen molar-refractivity contribution in [2.24, 2.45) is 7.05 Å². The fourth-order valence-corrected chi connectivity index (χ4v) is 2.28. The molecule has 2 heterocycles. The Labute approximate surface area is 141 Å². The number of nitrogens with zero attached hydrogens (tertiary/aromatic N) is 5. The third-order valence-corrected chi connectivity index (χ3v) is 3.93. The smallest absolute Gasteiger partial charge is 0.269 e. The van der Waals surface area contributed by atoms with Crippen LogP contribution in [0.4, 0.5) is 0 Å². The zero-order chi connectivity index (χ0) is 16.4. The molecule has 1 amide bonds. The fourth-order valence-electron chi connectivity index (χ4n) is 1.99. The second-order valence-corrected chi connectivity index (χ2v) is 5.59. The number of rotatable bonds is 4. The summed E-state index contributed by atoms with van der Waals surface area (Å²) in [5, 5.41) is 15.7. The van der Waals surface area contributed by atoms with Gasteiger partial charge in [-0.05, 0) is 24.3 Å². The molecule has 0 atom stereocenters. The molecule has 2 aromatic heterocycles. The van der Waals surface area contributed by atoms with Crippen LogP contribution in [0, 0.1) is 0 Å². The third-order valence-electron chi connectivity index (χ3n) is 3.19. The number of amides is 1. The SMILES string of the molecule is Cn1nccc1C(=O)NCc1cn(-c2ccc(Cl)c(Cl)c2)nn1. The van der Waals surface area contributed by atoms with Gasteiger partial charge < -0.3 is 5.32 Å². The summed E-state index contributed by atoms with van der Waals surface area (Å²) in [6, 6.07) is 6.80. The van der Waals surface area contributed by atoms with Gasteiger partial charge in [-0.1, -0.05) is 28.4 Å². The van der Waals surface area contributed by atoms with E-state index in [2.05, 4.69) is 20.7 Å². The normalized spacial score (nSPS) is 10.7. The van der Waals surface area contributed by atoms with E-state index in [0.29, 0.717) is 21.4 Å². The molecular formula is C14H12Cl2N6O. The molecule has 9 heteroatoms. The van der Waals surface area contributed by atoms with Gasteiger partial charge >= 0.3 is 0 Å². The first-order chi connectivity index (χ1) is 11.0. The van der Waals surface area contributed by atoms with Crippen LogP contribution in [0.3, 0.4) is 0 Å². The van der Waals surface area contributed by atoms with Gasteiger partial charge in [0.15, 0.2) is 0 Å². The lowest BCUT2D eigenvalue weighted by Crippen LogP contribution is -2.25. The number of hydrogen-bond acceptors (Lipinski definition) is 4. The summed E-state index contributed by atoms with van der Waals surface area (Å²) in [7, 11) is 1.70. The lowest BCUT2D eigenvalue weighted by molar-refractivity contribution is 0.0941. The van der Waals surface area contributed by atoms with E-state index >= 15 is 0 Å². The van der Waals surface area contributed by atoms with Gasteiger partial charge in [-0.2, -0.15) is 5.10 Å². The predicted octanol–water partition coefficient (Wildman–Crippen LogP) is 2.24. The van der Waals surface area contributed by atoms with E-state index < -0.39 is 0 Å². The van der Waals surface area contributed by atoms with Gasteiger partial charge in [-0.15, -0.1) is 5.10 Å². The molecular weight excluding hydrogens is 339 g/mol. The van der Waals surface area contributed by atoms with Gasteiger partial charge in [0, 0.05) is 13.2 Å². The largest absolute Gasteiger partial charge is 0.345 e. The average Bonchev–Trinajstić information content (AvgIpc) is 3.16. The van der Waals surface area contributed by atoms with Crippen LogP contribution in [-0.4, -0.2) is 30.7 Å².